The maximum atomic E-state index is 12.0. The number of nitrogens with one attached hydrogen (secondary N) is 3. The van der Waals surface area contributed by atoms with Crippen LogP contribution in [-0.2, 0) is 13.1 Å². The molecule has 30 heavy (non-hydrogen) atoms. The third-order valence-electron chi connectivity index (χ3n) is 4.32. The largest absolute Gasteiger partial charge is 0.459 e. The Morgan fingerprint density at radius 1 is 1.17 bits per heavy atom. The zero-order valence-corrected chi connectivity index (χ0v) is 17.4. The summed E-state index contributed by atoms with van der Waals surface area (Å²) < 4.78 is 10.4. The van der Waals surface area contributed by atoms with Crippen molar-refractivity contribution in [2.75, 3.05) is 11.9 Å². The minimum atomic E-state index is -0.280. The first-order chi connectivity index (χ1) is 14.5. The normalized spacial score (nSPS) is 11.5. The van der Waals surface area contributed by atoms with Crippen LogP contribution in [0, 0.1) is 0 Å². The van der Waals surface area contributed by atoms with E-state index in [0.29, 0.717) is 30.7 Å². The predicted molar refractivity (Wildman–Crippen MR) is 115 cm³/mol. The molecule has 2 heterocycles. The number of amides is 1. The molecule has 0 radical (unpaired) electrons. The molecule has 1 amide bonds. The van der Waals surface area contributed by atoms with Crippen LogP contribution in [0.4, 0.5) is 5.69 Å². The second-order valence-corrected chi connectivity index (χ2v) is 7.05. The van der Waals surface area contributed by atoms with Crippen molar-refractivity contribution in [3.05, 3.63) is 71.5 Å². The van der Waals surface area contributed by atoms with Crippen LogP contribution in [0.2, 0.25) is 0 Å². The topological polar surface area (TPSA) is 105 Å². The van der Waals surface area contributed by atoms with E-state index in [0.717, 1.165) is 23.6 Å². The maximum Gasteiger partial charge on any atom is 0.291 e. The molecule has 1 aromatic carbocycles. The lowest BCUT2D eigenvalue weighted by Gasteiger charge is -2.10. The van der Waals surface area contributed by atoms with E-state index in [4.69, 9.17) is 8.94 Å². The lowest BCUT2D eigenvalue weighted by atomic mass is 10.1. The fourth-order valence-corrected chi connectivity index (χ4v) is 2.66. The number of hydrogen-bond donors (Lipinski definition) is 3. The predicted octanol–water partition coefficient (Wildman–Crippen LogP) is 3.90. The summed E-state index contributed by atoms with van der Waals surface area (Å²) in [6.45, 7) is 7.91. The van der Waals surface area contributed by atoms with Gasteiger partial charge in [0.05, 0.1) is 25.0 Å². The van der Waals surface area contributed by atoms with E-state index in [1.807, 2.05) is 37.3 Å². The lowest BCUT2D eigenvalue weighted by Crippen LogP contribution is -2.36. The highest BCUT2D eigenvalue weighted by atomic mass is 16.5. The Morgan fingerprint density at radius 2 is 1.97 bits per heavy atom. The van der Waals surface area contributed by atoms with Crippen molar-refractivity contribution in [1.82, 2.24) is 15.8 Å². The number of furan rings is 1. The van der Waals surface area contributed by atoms with Crippen LogP contribution in [-0.4, -0.2) is 23.6 Å². The average molecular weight is 409 g/mol. The molecule has 2 aromatic heterocycles. The first-order valence-electron chi connectivity index (χ1n) is 9.96. The number of rotatable bonds is 8. The van der Waals surface area contributed by atoms with Gasteiger partial charge in [0.25, 0.3) is 5.91 Å². The molecule has 0 unspecified atom stereocenters. The highest BCUT2D eigenvalue weighted by Crippen LogP contribution is 2.14. The van der Waals surface area contributed by atoms with Gasteiger partial charge in [-0.05, 0) is 42.7 Å². The Bertz CT molecular complexity index is 959. The molecule has 3 aromatic rings. The number of carbonyl (C=O) groups is 1. The fourth-order valence-electron chi connectivity index (χ4n) is 2.66. The number of carbonyl (C=O) groups excluding carboxylic acids is 1. The van der Waals surface area contributed by atoms with Gasteiger partial charge in [0, 0.05) is 18.3 Å². The van der Waals surface area contributed by atoms with Gasteiger partial charge in [0.1, 0.15) is 0 Å². The van der Waals surface area contributed by atoms with Gasteiger partial charge in [-0.2, -0.15) is 0 Å². The fraction of sp³-hybridized carbons (Fsp3) is 0.318. The monoisotopic (exact) mass is 409 g/mol. The third-order valence-corrected chi connectivity index (χ3v) is 4.32. The molecule has 0 aliphatic carbocycles. The molecule has 0 atom stereocenters. The van der Waals surface area contributed by atoms with Crippen LogP contribution < -0.4 is 16.0 Å². The van der Waals surface area contributed by atoms with E-state index < -0.39 is 0 Å². The van der Waals surface area contributed by atoms with Crippen LogP contribution in [0.3, 0.4) is 0 Å². The third kappa shape index (κ3) is 5.97. The van der Waals surface area contributed by atoms with Crippen LogP contribution in [0.15, 0.2) is 62.7 Å². The Morgan fingerprint density at radius 3 is 2.60 bits per heavy atom. The maximum absolute atomic E-state index is 12.0. The number of aliphatic imine (C=N–C) groups is 1. The molecule has 0 aliphatic heterocycles. The van der Waals surface area contributed by atoms with E-state index in [2.05, 4.69) is 39.9 Å². The highest BCUT2D eigenvalue weighted by Gasteiger charge is 2.09. The van der Waals surface area contributed by atoms with Gasteiger partial charge in [-0.25, -0.2) is 4.99 Å². The zero-order chi connectivity index (χ0) is 21.3. The molecule has 0 bridgehead atoms. The minimum Gasteiger partial charge on any atom is -0.459 e. The number of aromatic nitrogens is 1. The van der Waals surface area contributed by atoms with Gasteiger partial charge in [-0.15, -0.1) is 0 Å². The van der Waals surface area contributed by atoms with Crippen LogP contribution in [0.25, 0.3) is 0 Å². The summed E-state index contributed by atoms with van der Waals surface area (Å²) >= 11 is 0. The first kappa shape index (κ1) is 21.2. The molecule has 0 fully saturated rings. The van der Waals surface area contributed by atoms with Crippen molar-refractivity contribution in [3.8, 4) is 0 Å². The number of guanidine groups is 1. The smallest absolute Gasteiger partial charge is 0.291 e. The molecule has 0 saturated heterocycles. The average Bonchev–Trinajstić information content (AvgIpc) is 3.43. The summed E-state index contributed by atoms with van der Waals surface area (Å²) in [4.78, 5) is 16.6. The molecule has 3 rings (SSSR count). The van der Waals surface area contributed by atoms with Gasteiger partial charge < -0.3 is 24.9 Å². The summed E-state index contributed by atoms with van der Waals surface area (Å²) in [5.74, 6) is 1.78. The summed E-state index contributed by atoms with van der Waals surface area (Å²) in [7, 11) is 0. The molecule has 0 saturated carbocycles. The molecule has 8 heteroatoms. The van der Waals surface area contributed by atoms with E-state index in [1.54, 1.807) is 12.1 Å². The van der Waals surface area contributed by atoms with E-state index in [1.165, 1.54) is 6.26 Å². The molecule has 8 nitrogen and oxygen atoms in total. The Hall–Kier alpha value is -3.55. The minimum absolute atomic E-state index is 0.275. The summed E-state index contributed by atoms with van der Waals surface area (Å²) in [6, 6.07) is 12.8. The van der Waals surface area contributed by atoms with Crippen LogP contribution in [0.1, 0.15) is 54.3 Å². The van der Waals surface area contributed by atoms with E-state index in [9.17, 15) is 4.79 Å². The van der Waals surface area contributed by atoms with Gasteiger partial charge in [-0.3, -0.25) is 4.79 Å². The highest BCUT2D eigenvalue weighted by molar-refractivity contribution is 6.02. The number of benzene rings is 1. The molecule has 158 valence electrons. The SMILES string of the molecule is CCNC(=NCc1ccc(NC(=O)c2ccco2)cc1)NCc1cc(C(C)C)no1. The molecular formula is C22H27N5O3. The Kier molecular flexibility index (Phi) is 7.26. The zero-order valence-electron chi connectivity index (χ0n) is 17.4. The van der Waals surface area contributed by atoms with Crippen molar-refractivity contribution in [2.45, 2.75) is 39.8 Å². The second kappa shape index (κ2) is 10.3. The van der Waals surface area contributed by atoms with E-state index >= 15 is 0 Å². The lowest BCUT2D eigenvalue weighted by molar-refractivity contribution is 0.0996. The second-order valence-electron chi connectivity index (χ2n) is 7.05. The Labute approximate surface area is 175 Å². The van der Waals surface area contributed by atoms with Crippen LogP contribution in [0.5, 0.6) is 0 Å². The summed E-state index contributed by atoms with van der Waals surface area (Å²) in [5.41, 5.74) is 2.65. The molecule has 0 aliphatic rings. The van der Waals surface area contributed by atoms with Crippen molar-refractivity contribution in [1.29, 1.82) is 0 Å². The summed E-state index contributed by atoms with van der Waals surface area (Å²) in [6.07, 6.45) is 1.47. The van der Waals surface area contributed by atoms with Crippen molar-refractivity contribution >= 4 is 17.6 Å². The van der Waals surface area contributed by atoms with E-state index in [-0.39, 0.29) is 11.7 Å². The van der Waals surface area contributed by atoms with Gasteiger partial charge in [-0.1, -0.05) is 31.1 Å². The number of hydrogen-bond acceptors (Lipinski definition) is 5. The van der Waals surface area contributed by atoms with Gasteiger partial charge in [0.15, 0.2) is 17.5 Å². The van der Waals surface area contributed by atoms with Crippen LogP contribution >= 0.6 is 0 Å². The van der Waals surface area contributed by atoms with Crippen molar-refractivity contribution < 1.29 is 13.7 Å². The molecule has 0 spiro atoms. The quantitative estimate of drug-likeness (QED) is 0.385. The van der Waals surface area contributed by atoms with Crippen molar-refractivity contribution in [3.63, 3.8) is 0 Å². The summed E-state index contributed by atoms with van der Waals surface area (Å²) in [5, 5.41) is 13.3. The number of nitrogens with zero attached hydrogens (tertiary/aromatic N) is 2. The van der Waals surface area contributed by atoms with Gasteiger partial charge >= 0.3 is 0 Å². The van der Waals surface area contributed by atoms with Crippen molar-refractivity contribution in [2.24, 2.45) is 4.99 Å². The molecule has 3 N–H and O–H groups in total. The Balaban J connectivity index is 1.55. The standard InChI is InChI=1S/C22H27N5O3/c1-4-23-22(25-14-18-12-19(15(2)3)27-30-18)24-13-16-7-9-17(10-8-16)26-21(28)20-6-5-11-29-20/h5-12,15H,4,13-14H2,1-3H3,(H,26,28)(H2,23,24,25). The molecular weight excluding hydrogens is 382 g/mol. The van der Waals surface area contributed by atoms with Gasteiger partial charge in [0.2, 0.25) is 0 Å². The first-order valence-corrected chi connectivity index (χ1v) is 9.96. The number of anilines is 1.